The maximum Gasteiger partial charge on any atom is 0.137 e. The fourth-order valence-corrected chi connectivity index (χ4v) is 7.59. The van der Waals surface area contributed by atoms with Crippen LogP contribution in [0.3, 0.4) is 0 Å². The average Bonchev–Trinajstić information content (AvgIpc) is 3.58. The van der Waals surface area contributed by atoms with Gasteiger partial charge in [-0.25, -0.2) is 0 Å². The molecule has 0 amide bonds. The zero-order valence-electron chi connectivity index (χ0n) is 28.3. The van der Waals surface area contributed by atoms with Crippen LogP contribution < -0.4 is 4.90 Å². The van der Waals surface area contributed by atoms with Gasteiger partial charge in [0, 0.05) is 34.5 Å². The van der Waals surface area contributed by atoms with E-state index in [4.69, 9.17) is 4.42 Å². The Kier molecular flexibility index (Phi) is 7.14. The van der Waals surface area contributed by atoms with Crippen molar-refractivity contribution in [2.24, 2.45) is 0 Å². The lowest BCUT2D eigenvalue weighted by Crippen LogP contribution is -2.11. The number of furan rings is 1. The molecule has 0 atom stereocenters. The van der Waals surface area contributed by atoms with Gasteiger partial charge in [0.2, 0.25) is 0 Å². The Morgan fingerprint density at radius 2 is 1.13 bits per heavy atom. The van der Waals surface area contributed by atoms with Crippen molar-refractivity contribution in [3.8, 4) is 33.4 Å². The van der Waals surface area contributed by atoms with Crippen LogP contribution >= 0.6 is 0 Å². The molecule has 0 bridgehead atoms. The van der Waals surface area contributed by atoms with Crippen LogP contribution in [-0.2, 0) is 0 Å². The third kappa shape index (κ3) is 5.19. The van der Waals surface area contributed by atoms with Crippen LogP contribution in [0.1, 0.15) is 0 Å². The smallest absolute Gasteiger partial charge is 0.137 e. The fourth-order valence-electron chi connectivity index (χ4n) is 7.59. The molecule has 0 unspecified atom stereocenters. The van der Waals surface area contributed by atoms with Crippen LogP contribution in [0.2, 0.25) is 0 Å². The summed E-state index contributed by atoms with van der Waals surface area (Å²) in [6, 6.07) is 65.1. The number of benzene rings is 8. The average molecular weight is 665 g/mol. The molecule has 0 radical (unpaired) electrons. The Bertz CT molecular complexity index is 2910. The van der Waals surface area contributed by atoms with E-state index in [0.29, 0.717) is 0 Å². The number of hydrogen-bond acceptors (Lipinski definition) is 3. The molecule has 0 N–H and O–H groups in total. The van der Waals surface area contributed by atoms with Crippen LogP contribution in [0, 0.1) is 0 Å². The van der Waals surface area contributed by atoms with Gasteiger partial charge in [0.1, 0.15) is 11.2 Å². The van der Waals surface area contributed by atoms with Crippen LogP contribution in [0.25, 0.3) is 76.9 Å². The fraction of sp³-hybridized carbons (Fsp3) is 0. The SMILES string of the molecule is c1ccc(-c2cccc(N(c3ccc(-c4ccccc4)c(-c4ccc5ccccc5c4)c3)c3cccc4oc5cc6ccncc6cc5c34)c2)cc1. The number of rotatable bonds is 6. The van der Waals surface area contributed by atoms with Gasteiger partial charge in [-0.15, -0.1) is 0 Å². The van der Waals surface area contributed by atoms with Crippen LogP contribution in [0.15, 0.2) is 199 Å². The second-order valence-electron chi connectivity index (χ2n) is 13.2. The molecule has 0 spiro atoms. The van der Waals surface area contributed by atoms with E-state index in [9.17, 15) is 0 Å². The minimum absolute atomic E-state index is 0.843. The molecule has 244 valence electrons. The lowest BCUT2D eigenvalue weighted by Gasteiger charge is -2.28. The third-order valence-electron chi connectivity index (χ3n) is 10.1. The topological polar surface area (TPSA) is 29.3 Å². The van der Waals surface area contributed by atoms with E-state index in [1.54, 1.807) is 0 Å². The quantitative estimate of drug-likeness (QED) is 0.177. The summed E-state index contributed by atoms with van der Waals surface area (Å²) in [4.78, 5) is 6.81. The van der Waals surface area contributed by atoms with Gasteiger partial charge in [0.25, 0.3) is 0 Å². The number of nitrogens with zero attached hydrogens (tertiary/aromatic N) is 2. The lowest BCUT2D eigenvalue weighted by atomic mass is 9.92. The maximum absolute atomic E-state index is 6.58. The summed E-state index contributed by atoms with van der Waals surface area (Å²) in [5, 5.41) is 6.75. The van der Waals surface area contributed by atoms with Crippen molar-refractivity contribution < 1.29 is 4.42 Å². The molecular weight excluding hydrogens is 633 g/mol. The van der Waals surface area contributed by atoms with Gasteiger partial charge in [0.05, 0.1) is 11.1 Å². The van der Waals surface area contributed by atoms with E-state index in [0.717, 1.165) is 55.3 Å². The first kappa shape index (κ1) is 29.9. The van der Waals surface area contributed by atoms with Crippen LogP contribution in [0.5, 0.6) is 0 Å². The van der Waals surface area contributed by atoms with Gasteiger partial charge in [-0.2, -0.15) is 0 Å². The Morgan fingerprint density at radius 1 is 0.404 bits per heavy atom. The van der Waals surface area contributed by atoms with Crippen molar-refractivity contribution in [3.05, 3.63) is 194 Å². The lowest BCUT2D eigenvalue weighted by molar-refractivity contribution is 0.669. The van der Waals surface area contributed by atoms with E-state index < -0.39 is 0 Å². The van der Waals surface area contributed by atoms with E-state index in [1.165, 1.54) is 38.6 Å². The second kappa shape index (κ2) is 12.4. The molecule has 8 aromatic carbocycles. The van der Waals surface area contributed by atoms with Crippen molar-refractivity contribution in [2.45, 2.75) is 0 Å². The third-order valence-corrected chi connectivity index (χ3v) is 10.1. The summed E-state index contributed by atoms with van der Waals surface area (Å²) >= 11 is 0. The summed E-state index contributed by atoms with van der Waals surface area (Å²) in [6.07, 6.45) is 3.76. The number of pyridine rings is 1. The molecule has 2 aromatic heterocycles. The van der Waals surface area contributed by atoms with Gasteiger partial charge < -0.3 is 9.32 Å². The Morgan fingerprint density at radius 3 is 2.00 bits per heavy atom. The highest BCUT2D eigenvalue weighted by Crippen LogP contribution is 2.46. The normalized spacial score (nSPS) is 11.5. The predicted molar refractivity (Wildman–Crippen MR) is 218 cm³/mol. The summed E-state index contributed by atoms with van der Waals surface area (Å²) in [5.74, 6) is 0. The van der Waals surface area contributed by atoms with Crippen molar-refractivity contribution in [1.82, 2.24) is 4.98 Å². The number of fused-ring (bicyclic) bond motifs is 5. The molecule has 0 aliphatic carbocycles. The zero-order chi connectivity index (χ0) is 34.4. The van der Waals surface area contributed by atoms with Crippen molar-refractivity contribution in [3.63, 3.8) is 0 Å². The van der Waals surface area contributed by atoms with Crippen LogP contribution in [0.4, 0.5) is 17.1 Å². The summed E-state index contributed by atoms with van der Waals surface area (Å²) < 4.78 is 6.58. The molecule has 52 heavy (non-hydrogen) atoms. The molecular formula is C49H32N2O. The first-order chi connectivity index (χ1) is 25.8. The van der Waals surface area contributed by atoms with E-state index in [1.807, 2.05) is 18.5 Å². The maximum atomic E-state index is 6.58. The van der Waals surface area contributed by atoms with E-state index in [-0.39, 0.29) is 0 Å². The molecule has 0 saturated heterocycles. The number of aromatic nitrogens is 1. The van der Waals surface area contributed by atoms with E-state index >= 15 is 0 Å². The highest BCUT2D eigenvalue weighted by molar-refractivity contribution is 6.16. The van der Waals surface area contributed by atoms with Crippen molar-refractivity contribution in [1.29, 1.82) is 0 Å². The zero-order valence-corrected chi connectivity index (χ0v) is 28.3. The Hall–Kier alpha value is -6.97. The van der Waals surface area contributed by atoms with Crippen molar-refractivity contribution >= 4 is 60.5 Å². The summed E-state index contributed by atoms with van der Waals surface area (Å²) in [6.45, 7) is 0. The largest absolute Gasteiger partial charge is 0.456 e. The molecule has 3 nitrogen and oxygen atoms in total. The Labute approximate surface area is 301 Å². The molecule has 0 aliphatic heterocycles. The molecule has 0 aliphatic rings. The minimum atomic E-state index is 0.843. The van der Waals surface area contributed by atoms with Crippen LogP contribution in [-0.4, -0.2) is 4.98 Å². The minimum Gasteiger partial charge on any atom is -0.456 e. The molecule has 0 fully saturated rings. The Balaban J connectivity index is 1.25. The van der Waals surface area contributed by atoms with Gasteiger partial charge in [-0.1, -0.05) is 121 Å². The highest BCUT2D eigenvalue weighted by atomic mass is 16.3. The summed E-state index contributed by atoms with van der Waals surface area (Å²) in [7, 11) is 0. The predicted octanol–water partition coefficient (Wildman–Crippen LogP) is 13.8. The van der Waals surface area contributed by atoms with Gasteiger partial charge in [-0.05, 0) is 110 Å². The molecule has 2 heterocycles. The highest BCUT2D eigenvalue weighted by Gasteiger charge is 2.22. The molecule has 10 rings (SSSR count). The summed E-state index contributed by atoms with van der Waals surface area (Å²) in [5.41, 5.74) is 11.9. The molecule has 0 saturated carbocycles. The van der Waals surface area contributed by atoms with E-state index in [2.05, 4.69) is 186 Å². The first-order valence-corrected chi connectivity index (χ1v) is 17.6. The number of anilines is 3. The first-order valence-electron chi connectivity index (χ1n) is 17.6. The number of hydrogen-bond donors (Lipinski definition) is 0. The molecule has 10 aromatic rings. The van der Waals surface area contributed by atoms with Crippen molar-refractivity contribution in [2.75, 3.05) is 4.90 Å². The van der Waals surface area contributed by atoms with Gasteiger partial charge in [-0.3, -0.25) is 4.98 Å². The van der Waals surface area contributed by atoms with Gasteiger partial charge >= 0.3 is 0 Å². The molecule has 3 heteroatoms. The standard InChI is InChI=1S/C49H32N2O/c1-3-11-33(12-4-1)37-17-9-18-41(28-37)51(46-19-10-20-47-49(46)45-29-40-32-50-26-25-38(40)30-48(45)52-47)42-23-24-43(35-14-5-2-6-15-35)44(31-42)39-22-21-34-13-7-8-16-36(34)27-39/h1-32H. The van der Waals surface area contributed by atoms with Gasteiger partial charge in [0.15, 0.2) is 0 Å². The second-order valence-corrected chi connectivity index (χ2v) is 13.2. The monoisotopic (exact) mass is 664 g/mol.